The summed E-state index contributed by atoms with van der Waals surface area (Å²) in [6.07, 6.45) is 0.313. The number of benzene rings is 2. The van der Waals surface area contributed by atoms with E-state index in [1.54, 1.807) is 21.1 Å². The van der Waals surface area contributed by atoms with E-state index >= 15 is 0 Å². The Kier molecular flexibility index (Phi) is 6.21. The Bertz CT molecular complexity index is 685. The van der Waals surface area contributed by atoms with Crippen molar-refractivity contribution in [3.05, 3.63) is 48.0 Å². The molecule has 5 nitrogen and oxygen atoms in total. The van der Waals surface area contributed by atoms with Crippen LogP contribution in [0.5, 0.6) is 11.5 Å². The zero-order chi connectivity index (χ0) is 17.5. The standard InChI is InChI=1S/C19H23NO4/c1-4-24-19(21)16(20)10-14-11-18(23-3)15(12-17(14)22-2)13-8-6-5-7-9-13/h5-9,11-12,16H,4,10,20H2,1-3H3. The summed E-state index contributed by atoms with van der Waals surface area (Å²) in [6.45, 7) is 2.06. The first-order chi connectivity index (χ1) is 11.6. The number of methoxy groups -OCH3 is 2. The minimum atomic E-state index is -0.744. The highest BCUT2D eigenvalue weighted by molar-refractivity contribution is 5.77. The van der Waals surface area contributed by atoms with Gasteiger partial charge in [-0.3, -0.25) is 4.79 Å². The second kappa shape index (κ2) is 8.36. The van der Waals surface area contributed by atoms with Gasteiger partial charge >= 0.3 is 5.97 Å². The van der Waals surface area contributed by atoms with E-state index in [9.17, 15) is 4.79 Å². The maximum Gasteiger partial charge on any atom is 0.323 e. The van der Waals surface area contributed by atoms with Crippen LogP contribution in [0.25, 0.3) is 11.1 Å². The number of ether oxygens (including phenoxy) is 3. The summed E-state index contributed by atoms with van der Waals surface area (Å²) >= 11 is 0. The van der Waals surface area contributed by atoms with Crippen LogP contribution in [-0.4, -0.2) is 32.8 Å². The third kappa shape index (κ3) is 4.06. The van der Waals surface area contributed by atoms with Crippen molar-refractivity contribution >= 4 is 5.97 Å². The van der Waals surface area contributed by atoms with Crippen LogP contribution in [0.3, 0.4) is 0 Å². The summed E-state index contributed by atoms with van der Waals surface area (Å²) in [6, 6.07) is 12.9. The van der Waals surface area contributed by atoms with Crippen LogP contribution in [0, 0.1) is 0 Å². The highest BCUT2D eigenvalue weighted by Crippen LogP contribution is 2.36. The number of nitrogens with two attached hydrogens (primary N) is 1. The fourth-order valence-electron chi connectivity index (χ4n) is 2.53. The molecule has 5 heteroatoms. The summed E-state index contributed by atoms with van der Waals surface area (Å²) < 4.78 is 16.0. The van der Waals surface area contributed by atoms with Crippen LogP contribution in [-0.2, 0) is 16.0 Å². The minimum Gasteiger partial charge on any atom is -0.496 e. The van der Waals surface area contributed by atoms with E-state index in [0.29, 0.717) is 24.5 Å². The molecule has 2 N–H and O–H groups in total. The molecule has 0 radical (unpaired) electrons. The van der Waals surface area contributed by atoms with E-state index in [4.69, 9.17) is 19.9 Å². The normalized spacial score (nSPS) is 11.7. The molecule has 2 aromatic rings. The molecule has 0 aliphatic rings. The monoisotopic (exact) mass is 329 g/mol. The fourth-order valence-corrected chi connectivity index (χ4v) is 2.53. The molecule has 0 heterocycles. The lowest BCUT2D eigenvalue weighted by molar-refractivity contribution is -0.144. The molecular formula is C19H23NO4. The number of esters is 1. The quantitative estimate of drug-likeness (QED) is 0.791. The van der Waals surface area contributed by atoms with Gasteiger partial charge in [-0.05, 0) is 30.2 Å². The van der Waals surface area contributed by atoms with Crippen molar-refractivity contribution < 1.29 is 19.0 Å². The Balaban J connectivity index is 2.38. The topological polar surface area (TPSA) is 70.8 Å². The molecule has 0 bridgehead atoms. The fraction of sp³-hybridized carbons (Fsp3) is 0.316. The van der Waals surface area contributed by atoms with Crippen LogP contribution >= 0.6 is 0 Å². The van der Waals surface area contributed by atoms with Gasteiger partial charge in [0.1, 0.15) is 17.5 Å². The number of rotatable bonds is 7. The SMILES string of the molecule is CCOC(=O)C(N)Cc1cc(OC)c(-c2ccccc2)cc1OC. The summed E-state index contributed by atoms with van der Waals surface area (Å²) in [5.41, 5.74) is 8.67. The molecule has 0 fully saturated rings. The Morgan fingerprint density at radius 3 is 2.33 bits per heavy atom. The second-order valence-electron chi connectivity index (χ2n) is 5.29. The number of hydrogen-bond donors (Lipinski definition) is 1. The summed E-state index contributed by atoms with van der Waals surface area (Å²) in [5.74, 6) is 0.938. The third-order valence-electron chi connectivity index (χ3n) is 3.72. The zero-order valence-corrected chi connectivity index (χ0v) is 14.2. The molecule has 1 atom stereocenters. The molecular weight excluding hydrogens is 306 g/mol. The first kappa shape index (κ1) is 17.8. The highest BCUT2D eigenvalue weighted by atomic mass is 16.5. The average molecular weight is 329 g/mol. The third-order valence-corrected chi connectivity index (χ3v) is 3.72. The van der Waals surface area contributed by atoms with Gasteiger partial charge in [0.25, 0.3) is 0 Å². The summed E-state index contributed by atoms with van der Waals surface area (Å²) in [7, 11) is 3.21. The molecule has 2 rings (SSSR count). The molecule has 2 aromatic carbocycles. The number of hydrogen-bond acceptors (Lipinski definition) is 5. The molecule has 0 spiro atoms. The van der Waals surface area contributed by atoms with Crippen molar-refractivity contribution in [3.63, 3.8) is 0 Å². The maximum absolute atomic E-state index is 11.8. The lowest BCUT2D eigenvalue weighted by Gasteiger charge is -2.17. The zero-order valence-electron chi connectivity index (χ0n) is 14.2. The van der Waals surface area contributed by atoms with E-state index in [-0.39, 0.29) is 0 Å². The van der Waals surface area contributed by atoms with Gasteiger partial charge in [-0.2, -0.15) is 0 Å². The second-order valence-corrected chi connectivity index (χ2v) is 5.29. The highest BCUT2D eigenvalue weighted by Gasteiger charge is 2.20. The van der Waals surface area contributed by atoms with Gasteiger partial charge in [0.2, 0.25) is 0 Å². The first-order valence-electron chi connectivity index (χ1n) is 7.83. The molecule has 0 amide bonds. The van der Waals surface area contributed by atoms with Crippen LogP contribution in [0.15, 0.2) is 42.5 Å². The lowest BCUT2D eigenvalue weighted by Crippen LogP contribution is -2.34. The summed E-state index contributed by atoms with van der Waals surface area (Å²) in [5, 5.41) is 0. The average Bonchev–Trinajstić information content (AvgIpc) is 2.62. The summed E-state index contributed by atoms with van der Waals surface area (Å²) in [4.78, 5) is 11.8. The Morgan fingerprint density at radius 2 is 1.75 bits per heavy atom. The van der Waals surface area contributed by atoms with Crippen molar-refractivity contribution in [2.75, 3.05) is 20.8 Å². The first-order valence-corrected chi connectivity index (χ1v) is 7.83. The van der Waals surface area contributed by atoms with Gasteiger partial charge in [-0.15, -0.1) is 0 Å². The van der Waals surface area contributed by atoms with Crippen molar-refractivity contribution in [1.29, 1.82) is 0 Å². The van der Waals surface area contributed by atoms with Crippen molar-refractivity contribution in [3.8, 4) is 22.6 Å². The van der Waals surface area contributed by atoms with Gasteiger partial charge in [0.05, 0.1) is 20.8 Å². The molecule has 0 saturated carbocycles. The molecule has 24 heavy (non-hydrogen) atoms. The van der Waals surface area contributed by atoms with Gasteiger partial charge < -0.3 is 19.9 Å². The minimum absolute atomic E-state index is 0.305. The van der Waals surface area contributed by atoms with Crippen LogP contribution in [0.2, 0.25) is 0 Å². The molecule has 0 aromatic heterocycles. The molecule has 0 aliphatic heterocycles. The number of carbonyl (C=O) groups is 1. The molecule has 0 aliphatic carbocycles. The largest absolute Gasteiger partial charge is 0.496 e. The van der Waals surface area contributed by atoms with E-state index in [0.717, 1.165) is 16.7 Å². The molecule has 1 unspecified atom stereocenters. The van der Waals surface area contributed by atoms with E-state index in [2.05, 4.69) is 0 Å². The predicted molar refractivity (Wildman–Crippen MR) is 93.3 cm³/mol. The predicted octanol–water partition coefficient (Wildman–Crippen LogP) is 2.80. The molecule has 128 valence electrons. The van der Waals surface area contributed by atoms with E-state index in [1.165, 1.54) is 0 Å². The van der Waals surface area contributed by atoms with Gasteiger partial charge in [-0.25, -0.2) is 0 Å². The lowest BCUT2D eigenvalue weighted by atomic mass is 9.98. The van der Waals surface area contributed by atoms with E-state index in [1.807, 2.05) is 42.5 Å². The van der Waals surface area contributed by atoms with Crippen molar-refractivity contribution in [1.82, 2.24) is 0 Å². The Hall–Kier alpha value is -2.53. The maximum atomic E-state index is 11.8. The van der Waals surface area contributed by atoms with Crippen molar-refractivity contribution in [2.24, 2.45) is 5.73 Å². The Labute approximate surface area is 142 Å². The van der Waals surface area contributed by atoms with Crippen LogP contribution < -0.4 is 15.2 Å². The van der Waals surface area contributed by atoms with Crippen molar-refractivity contribution in [2.45, 2.75) is 19.4 Å². The van der Waals surface area contributed by atoms with Gasteiger partial charge in [0, 0.05) is 12.0 Å². The smallest absolute Gasteiger partial charge is 0.323 e. The Morgan fingerprint density at radius 1 is 1.08 bits per heavy atom. The number of carbonyl (C=O) groups excluding carboxylic acids is 1. The van der Waals surface area contributed by atoms with Crippen LogP contribution in [0.4, 0.5) is 0 Å². The van der Waals surface area contributed by atoms with Gasteiger partial charge in [0.15, 0.2) is 0 Å². The van der Waals surface area contributed by atoms with Gasteiger partial charge in [-0.1, -0.05) is 30.3 Å². The van der Waals surface area contributed by atoms with E-state index < -0.39 is 12.0 Å². The molecule has 0 saturated heterocycles. The van der Waals surface area contributed by atoms with Crippen LogP contribution in [0.1, 0.15) is 12.5 Å².